The standard InChI is InChI=1S/C27H33N5O6S/c1-4-5-11-22-28-23-24(30(2)27(36)31(3)25(23)33)32(22)17-19-12-14-20(15-13-19)39(37,38)29-21(26(34)35)16-18-9-7-6-8-10-18/h6-10,12-15,21-22,28-29H,4-5,11,16-17H2,1-3H3,(H,34,35)/t21-,22?/m0/s1. The molecule has 1 unspecified atom stereocenters. The summed E-state index contributed by atoms with van der Waals surface area (Å²) in [6, 6.07) is 13.6. The second-order valence-corrected chi connectivity index (χ2v) is 11.4. The molecule has 2 aromatic carbocycles. The van der Waals surface area contributed by atoms with Crippen LogP contribution in [0.1, 0.15) is 37.3 Å². The molecule has 0 bridgehead atoms. The Morgan fingerprint density at radius 1 is 1.03 bits per heavy atom. The largest absolute Gasteiger partial charge is 0.480 e. The minimum atomic E-state index is -4.11. The number of hydrogen-bond acceptors (Lipinski definition) is 7. The van der Waals surface area contributed by atoms with Crippen molar-refractivity contribution in [3.8, 4) is 0 Å². The Labute approximate surface area is 226 Å². The third kappa shape index (κ3) is 5.91. The molecule has 1 aromatic heterocycles. The molecule has 0 saturated carbocycles. The quantitative estimate of drug-likeness (QED) is 0.326. The third-order valence-electron chi connectivity index (χ3n) is 6.89. The Balaban J connectivity index is 1.57. The molecule has 0 saturated heterocycles. The molecule has 4 rings (SSSR count). The van der Waals surface area contributed by atoms with Crippen molar-refractivity contribution < 1.29 is 18.3 Å². The van der Waals surface area contributed by atoms with Gasteiger partial charge in [0.1, 0.15) is 23.7 Å². The summed E-state index contributed by atoms with van der Waals surface area (Å²) in [7, 11) is -1.05. The van der Waals surface area contributed by atoms with Crippen LogP contribution in [0.5, 0.6) is 0 Å². The van der Waals surface area contributed by atoms with Gasteiger partial charge < -0.3 is 15.3 Å². The van der Waals surface area contributed by atoms with E-state index in [1.165, 1.54) is 23.7 Å². The maximum atomic E-state index is 13.0. The summed E-state index contributed by atoms with van der Waals surface area (Å²) in [4.78, 5) is 39.1. The van der Waals surface area contributed by atoms with Gasteiger partial charge in [0.15, 0.2) is 0 Å². The summed E-state index contributed by atoms with van der Waals surface area (Å²) in [5.41, 5.74) is 0.995. The summed E-state index contributed by atoms with van der Waals surface area (Å²) in [5.74, 6) is -0.776. The van der Waals surface area contributed by atoms with Gasteiger partial charge in [-0.15, -0.1) is 0 Å². The van der Waals surface area contributed by atoms with Crippen molar-refractivity contribution in [1.82, 2.24) is 13.9 Å². The summed E-state index contributed by atoms with van der Waals surface area (Å²) < 4.78 is 30.8. The summed E-state index contributed by atoms with van der Waals surface area (Å²) in [6.07, 6.45) is 2.41. The molecule has 0 fully saturated rings. The number of carboxylic acids is 1. The normalized spacial score (nSPS) is 15.6. The molecule has 2 heterocycles. The number of fused-ring (bicyclic) bond motifs is 1. The molecule has 0 amide bonds. The van der Waals surface area contributed by atoms with Gasteiger partial charge in [-0.3, -0.25) is 18.7 Å². The zero-order valence-corrected chi connectivity index (χ0v) is 22.9. The molecule has 3 N–H and O–H groups in total. The molecular formula is C27H33N5O6S. The van der Waals surface area contributed by atoms with E-state index in [0.29, 0.717) is 23.6 Å². The van der Waals surface area contributed by atoms with Crippen LogP contribution >= 0.6 is 0 Å². The van der Waals surface area contributed by atoms with Crippen LogP contribution in [0.2, 0.25) is 0 Å². The number of anilines is 2. The fourth-order valence-corrected chi connectivity index (χ4v) is 5.94. The zero-order valence-electron chi connectivity index (χ0n) is 22.1. The average Bonchev–Trinajstić information content (AvgIpc) is 3.27. The first-order valence-corrected chi connectivity index (χ1v) is 14.2. The van der Waals surface area contributed by atoms with Crippen molar-refractivity contribution in [2.75, 3.05) is 10.2 Å². The number of aromatic nitrogens is 2. The zero-order chi connectivity index (χ0) is 28.3. The lowest BCUT2D eigenvalue weighted by atomic mass is 10.1. The fraction of sp³-hybridized carbons (Fsp3) is 0.370. The number of rotatable bonds is 11. The van der Waals surface area contributed by atoms with E-state index >= 15 is 0 Å². The second kappa shape index (κ2) is 11.5. The van der Waals surface area contributed by atoms with Crippen molar-refractivity contribution in [3.05, 3.63) is 86.6 Å². The molecular weight excluding hydrogens is 522 g/mol. The third-order valence-corrected chi connectivity index (χ3v) is 8.38. The number of sulfonamides is 1. The highest BCUT2D eigenvalue weighted by Gasteiger charge is 2.34. The first-order chi connectivity index (χ1) is 18.5. The molecule has 39 heavy (non-hydrogen) atoms. The highest BCUT2D eigenvalue weighted by Crippen LogP contribution is 2.33. The monoisotopic (exact) mass is 555 g/mol. The van der Waals surface area contributed by atoms with Crippen molar-refractivity contribution in [2.45, 2.75) is 56.3 Å². The highest BCUT2D eigenvalue weighted by atomic mass is 32.2. The molecule has 1 aliphatic heterocycles. The van der Waals surface area contributed by atoms with Crippen LogP contribution in [0.15, 0.2) is 69.1 Å². The summed E-state index contributed by atoms with van der Waals surface area (Å²) >= 11 is 0. The fourth-order valence-electron chi connectivity index (χ4n) is 4.75. The molecule has 0 aliphatic carbocycles. The Morgan fingerprint density at radius 2 is 1.69 bits per heavy atom. The number of carbonyl (C=O) groups is 1. The van der Waals surface area contributed by atoms with Crippen LogP contribution in [0.3, 0.4) is 0 Å². The van der Waals surface area contributed by atoms with Crippen LogP contribution in [0.4, 0.5) is 11.5 Å². The highest BCUT2D eigenvalue weighted by molar-refractivity contribution is 7.89. The number of nitrogens with zero attached hydrogens (tertiary/aromatic N) is 3. The van der Waals surface area contributed by atoms with Gasteiger partial charge in [0.05, 0.1) is 4.90 Å². The first-order valence-electron chi connectivity index (χ1n) is 12.7. The summed E-state index contributed by atoms with van der Waals surface area (Å²) in [6.45, 7) is 2.40. The van der Waals surface area contributed by atoms with E-state index < -0.39 is 33.3 Å². The minimum absolute atomic E-state index is 0.00614. The van der Waals surface area contributed by atoms with Crippen LogP contribution < -0.4 is 26.2 Å². The molecule has 0 spiro atoms. The number of hydrogen-bond donors (Lipinski definition) is 3. The summed E-state index contributed by atoms with van der Waals surface area (Å²) in [5, 5.41) is 12.9. The van der Waals surface area contributed by atoms with Gasteiger partial charge in [-0.05, 0) is 42.5 Å². The number of unbranched alkanes of at least 4 members (excludes halogenated alkanes) is 1. The van der Waals surface area contributed by atoms with Crippen LogP contribution in [0.25, 0.3) is 0 Å². The van der Waals surface area contributed by atoms with E-state index in [-0.39, 0.29) is 17.5 Å². The number of nitrogens with one attached hydrogen (secondary N) is 2. The van der Waals surface area contributed by atoms with Crippen LogP contribution in [-0.4, -0.2) is 40.8 Å². The molecule has 0 radical (unpaired) electrons. The van der Waals surface area contributed by atoms with Gasteiger partial charge in [0.25, 0.3) is 5.56 Å². The van der Waals surface area contributed by atoms with Crippen LogP contribution in [-0.2, 0) is 41.9 Å². The van der Waals surface area contributed by atoms with E-state index in [1.54, 1.807) is 49.5 Å². The lowest BCUT2D eigenvalue weighted by molar-refractivity contribution is -0.138. The molecule has 12 heteroatoms. The number of carboxylic acid groups (broad SMARTS) is 1. The maximum absolute atomic E-state index is 13.0. The molecule has 3 aromatic rings. The lowest BCUT2D eigenvalue weighted by Gasteiger charge is -2.27. The molecule has 1 aliphatic rings. The van der Waals surface area contributed by atoms with Gasteiger partial charge >= 0.3 is 11.7 Å². The first kappa shape index (κ1) is 28.1. The molecule has 208 valence electrons. The van der Waals surface area contributed by atoms with E-state index in [2.05, 4.69) is 17.0 Å². The van der Waals surface area contributed by atoms with Crippen molar-refractivity contribution in [1.29, 1.82) is 0 Å². The smallest absolute Gasteiger partial charge is 0.332 e. The predicted octanol–water partition coefficient (Wildman–Crippen LogP) is 2.01. The van der Waals surface area contributed by atoms with E-state index in [9.17, 15) is 27.9 Å². The molecule has 2 atom stereocenters. The van der Waals surface area contributed by atoms with Crippen molar-refractivity contribution in [2.24, 2.45) is 14.1 Å². The Bertz CT molecular complexity index is 1570. The second-order valence-electron chi connectivity index (χ2n) is 9.68. The van der Waals surface area contributed by atoms with Crippen molar-refractivity contribution >= 4 is 27.5 Å². The van der Waals surface area contributed by atoms with Gasteiger partial charge in [-0.2, -0.15) is 4.72 Å². The Hall–Kier alpha value is -3.90. The van der Waals surface area contributed by atoms with E-state index in [4.69, 9.17) is 0 Å². The number of benzene rings is 2. The minimum Gasteiger partial charge on any atom is -0.480 e. The van der Waals surface area contributed by atoms with Gasteiger partial charge in [0, 0.05) is 20.6 Å². The van der Waals surface area contributed by atoms with Crippen LogP contribution in [0, 0.1) is 0 Å². The van der Waals surface area contributed by atoms with Gasteiger partial charge in [-0.25, -0.2) is 13.2 Å². The van der Waals surface area contributed by atoms with Crippen molar-refractivity contribution in [3.63, 3.8) is 0 Å². The maximum Gasteiger partial charge on any atom is 0.332 e. The van der Waals surface area contributed by atoms with Gasteiger partial charge in [-0.1, -0.05) is 55.8 Å². The lowest BCUT2D eigenvalue weighted by Crippen LogP contribution is -2.42. The Kier molecular flexibility index (Phi) is 8.26. The average molecular weight is 556 g/mol. The van der Waals surface area contributed by atoms with E-state index in [0.717, 1.165) is 29.4 Å². The molecule has 11 nitrogen and oxygen atoms in total. The van der Waals surface area contributed by atoms with E-state index in [1.807, 2.05) is 4.90 Å². The SMILES string of the molecule is CCCCC1Nc2c(n(C)c(=O)n(C)c2=O)N1Cc1ccc(S(=O)(=O)N[C@@H](Cc2ccccc2)C(=O)O)cc1. The number of aliphatic carboxylic acids is 1. The Morgan fingerprint density at radius 3 is 2.31 bits per heavy atom. The predicted molar refractivity (Wildman–Crippen MR) is 148 cm³/mol. The van der Waals surface area contributed by atoms with Gasteiger partial charge in [0.2, 0.25) is 10.0 Å². The topological polar surface area (TPSA) is 143 Å².